The summed E-state index contributed by atoms with van der Waals surface area (Å²) >= 11 is 1.43. The molecule has 170 valence electrons. The van der Waals surface area contributed by atoms with Crippen LogP contribution in [0, 0.1) is 0 Å². The van der Waals surface area contributed by atoms with Crippen molar-refractivity contribution in [3.05, 3.63) is 52.3 Å². The molecule has 3 rings (SSSR count). The van der Waals surface area contributed by atoms with Crippen molar-refractivity contribution in [2.24, 2.45) is 0 Å². The number of aromatic nitrogens is 3. The van der Waals surface area contributed by atoms with E-state index in [-0.39, 0.29) is 11.4 Å². The molecule has 0 atom stereocenters. The Labute approximate surface area is 190 Å². The molecule has 0 amide bonds. The number of benzene rings is 2. The van der Waals surface area contributed by atoms with Crippen LogP contribution < -0.4 is 29.8 Å². The summed E-state index contributed by atoms with van der Waals surface area (Å²) in [5.74, 6) is 3.18. The highest BCUT2D eigenvalue weighted by atomic mass is 32.2. The molecule has 9 nitrogen and oxygen atoms in total. The number of anilines is 2. The van der Waals surface area contributed by atoms with Gasteiger partial charge >= 0.3 is 0 Å². The zero-order valence-corrected chi connectivity index (χ0v) is 19.5. The van der Waals surface area contributed by atoms with E-state index in [1.807, 2.05) is 25.1 Å². The smallest absolute Gasteiger partial charge is 0.297 e. The normalized spacial score (nSPS) is 10.5. The van der Waals surface area contributed by atoms with Crippen LogP contribution in [-0.2, 0) is 12.3 Å². The van der Waals surface area contributed by atoms with Crippen molar-refractivity contribution in [2.75, 3.05) is 33.8 Å². The summed E-state index contributed by atoms with van der Waals surface area (Å²) in [6, 6.07) is 11.0. The predicted octanol–water partition coefficient (Wildman–Crippen LogP) is 3.73. The van der Waals surface area contributed by atoms with Crippen molar-refractivity contribution in [1.82, 2.24) is 14.8 Å². The van der Waals surface area contributed by atoms with Crippen LogP contribution in [0.25, 0.3) is 0 Å². The third kappa shape index (κ3) is 5.08. The molecule has 0 aliphatic carbocycles. The minimum atomic E-state index is -0.257. The van der Waals surface area contributed by atoms with Crippen molar-refractivity contribution in [2.45, 2.75) is 24.4 Å². The van der Waals surface area contributed by atoms with Crippen LogP contribution in [0.5, 0.6) is 23.0 Å². The maximum atomic E-state index is 13.0. The minimum Gasteiger partial charge on any atom is -0.493 e. The molecule has 0 bridgehead atoms. The highest BCUT2D eigenvalue weighted by Gasteiger charge is 2.14. The number of thioether (sulfide) groups is 1. The van der Waals surface area contributed by atoms with Crippen LogP contribution in [-0.4, -0.2) is 43.2 Å². The summed E-state index contributed by atoms with van der Waals surface area (Å²) in [6.07, 6.45) is 0. The van der Waals surface area contributed by atoms with Crippen LogP contribution in [0.15, 0.2) is 46.3 Å². The maximum absolute atomic E-state index is 13.0. The zero-order chi connectivity index (χ0) is 23.1. The summed E-state index contributed by atoms with van der Waals surface area (Å²) in [5.41, 5.74) is 1.40. The third-order valence-corrected chi connectivity index (χ3v) is 5.73. The van der Waals surface area contributed by atoms with E-state index in [1.165, 1.54) is 11.8 Å². The van der Waals surface area contributed by atoms with Crippen molar-refractivity contribution >= 4 is 23.3 Å². The number of methoxy groups -OCH3 is 4. The molecule has 10 heteroatoms. The first kappa shape index (κ1) is 23.3. The lowest BCUT2D eigenvalue weighted by Gasteiger charge is -2.13. The van der Waals surface area contributed by atoms with E-state index in [4.69, 9.17) is 18.9 Å². The molecule has 0 saturated carbocycles. The van der Waals surface area contributed by atoms with Gasteiger partial charge in [-0.15, -0.1) is 10.2 Å². The van der Waals surface area contributed by atoms with E-state index < -0.39 is 0 Å². The van der Waals surface area contributed by atoms with E-state index in [0.717, 1.165) is 5.56 Å². The van der Waals surface area contributed by atoms with Gasteiger partial charge in [-0.2, -0.15) is 0 Å². The fourth-order valence-electron chi connectivity index (χ4n) is 3.04. The van der Waals surface area contributed by atoms with Gasteiger partial charge in [-0.05, 0) is 36.8 Å². The van der Waals surface area contributed by atoms with Crippen molar-refractivity contribution in [3.8, 4) is 23.0 Å². The lowest BCUT2D eigenvalue weighted by molar-refractivity contribution is 0.354. The van der Waals surface area contributed by atoms with E-state index in [2.05, 4.69) is 15.5 Å². The molecular weight excluding hydrogens is 432 g/mol. The van der Waals surface area contributed by atoms with Gasteiger partial charge in [0.2, 0.25) is 5.82 Å². The van der Waals surface area contributed by atoms with Gasteiger partial charge < -0.3 is 24.3 Å². The van der Waals surface area contributed by atoms with E-state index in [0.29, 0.717) is 46.1 Å². The van der Waals surface area contributed by atoms with Gasteiger partial charge in [-0.25, -0.2) is 0 Å². The van der Waals surface area contributed by atoms with Crippen molar-refractivity contribution in [1.29, 1.82) is 0 Å². The van der Waals surface area contributed by atoms with Gasteiger partial charge in [-0.1, -0.05) is 17.8 Å². The Morgan fingerprint density at radius 3 is 2.12 bits per heavy atom. The molecule has 0 aliphatic heterocycles. The van der Waals surface area contributed by atoms with Crippen LogP contribution in [0.2, 0.25) is 0 Å². The second kappa shape index (κ2) is 10.8. The Balaban J connectivity index is 1.80. The molecule has 2 aromatic carbocycles. The summed E-state index contributed by atoms with van der Waals surface area (Å²) in [4.78, 5) is 13.0. The van der Waals surface area contributed by atoms with Crippen LogP contribution >= 0.6 is 11.8 Å². The zero-order valence-electron chi connectivity index (χ0n) is 18.7. The summed E-state index contributed by atoms with van der Waals surface area (Å²) in [6.45, 7) is 2.35. The summed E-state index contributed by atoms with van der Waals surface area (Å²) < 4.78 is 22.8. The topological polar surface area (TPSA) is 96.7 Å². The molecule has 0 aliphatic rings. The first-order chi connectivity index (χ1) is 15.5. The fraction of sp³-hybridized carbons (Fsp3) is 0.318. The molecule has 0 spiro atoms. The first-order valence-electron chi connectivity index (χ1n) is 9.84. The van der Waals surface area contributed by atoms with Crippen LogP contribution in [0.1, 0.15) is 12.5 Å². The minimum absolute atomic E-state index is 0.134. The summed E-state index contributed by atoms with van der Waals surface area (Å²) in [7, 11) is 6.31. The Morgan fingerprint density at radius 1 is 0.875 bits per heavy atom. The standard InChI is InChI=1S/C22H26N4O5S/c1-6-26-21(27)20(23-15-8-10-17(29-3)19(12-15)31-5)24-25-22(26)32-13-14-7-9-16(28-2)18(11-14)30-4/h7-12H,6,13H2,1-5H3,(H,23,24). The van der Waals surface area contributed by atoms with Gasteiger partial charge in [0.05, 0.1) is 28.4 Å². The average molecular weight is 459 g/mol. The molecule has 32 heavy (non-hydrogen) atoms. The highest BCUT2D eigenvalue weighted by molar-refractivity contribution is 7.98. The predicted molar refractivity (Wildman–Crippen MR) is 124 cm³/mol. The molecule has 3 aromatic rings. The molecule has 1 aromatic heterocycles. The third-order valence-electron chi connectivity index (χ3n) is 4.69. The Bertz CT molecular complexity index is 1140. The Hall–Kier alpha value is -3.40. The number of hydrogen-bond donors (Lipinski definition) is 1. The van der Waals surface area contributed by atoms with Gasteiger partial charge in [0.15, 0.2) is 28.2 Å². The molecule has 0 radical (unpaired) electrons. The van der Waals surface area contributed by atoms with Crippen LogP contribution in [0.3, 0.4) is 0 Å². The second-order valence-corrected chi connectivity index (χ2v) is 7.50. The monoisotopic (exact) mass is 458 g/mol. The van der Waals surface area contributed by atoms with Gasteiger partial charge in [0.1, 0.15) is 0 Å². The first-order valence-corrected chi connectivity index (χ1v) is 10.8. The quantitative estimate of drug-likeness (QED) is 0.456. The fourth-order valence-corrected chi connectivity index (χ4v) is 3.98. The summed E-state index contributed by atoms with van der Waals surface area (Å²) in [5, 5.41) is 11.9. The van der Waals surface area contributed by atoms with E-state index >= 15 is 0 Å². The largest absolute Gasteiger partial charge is 0.493 e. The Morgan fingerprint density at radius 2 is 1.50 bits per heavy atom. The lowest BCUT2D eigenvalue weighted by atomic mass is 10.2. The highest BCUT2D eigenvalue weighted by Crippen LogP contribution is 2.31. The van der Waals surface area contributed by atoms with E-state index in [1.54, 1.807) is 51.2 Å². The molecule has 1 heterocycles. The number of hydrogen-bond acceptors (Lipinski definition) is 9. The van der Waals surface area contributed by atoms with Crippen molar-refractivity contribution in [3.63, 3.8) is 0 Å². The number of rotatable bonds is 10. The molecule has 0 saturated heterocycles. The average Bonchev–Trinajstić information content (AvgIpc) is 2.83. The maximum Gasteiger partial charge on any atom is 0.297 e. The second-order valence-electron chi connectivity index (χ2n) is 6.55. The van der Waals surface area contributed by atoms with Gasteiger partial charge in [-0.3, -0.25) is 9.36 Å². The van der Waals surface area contributed by atoms with Crippen molar-refractivity contribution < 1.29 is 18.9 Å². The molecule has 0 unspecified atom stereocenters. The molecule has 0 fully saturated rings. The number of ether oxygens (including phenoxy) is 4. The number of nitrogens with one attached hydrogen (secondary N) is 1. The van der Waals surface area contributed by atoms with Crippen LogP contribution in [0.4, 0.5) is 11.5 Å². The number of nitrogens with zero attached hydrogens (tertiary/aromatic N) is 3. The Kier molecular flexibility index (Phi) is 7.82. The molecular formula is C22H26N4O5S. The SMILES string of the molecule is CCn1c(SCc2ccc(OC)c(OC)c2)nnc(Nc2ccc(OC)c(OC)c2)c1=O. The molecule has 1 N–H and O–H groups in total. The lowest BCUT2D eigenvalue weighted by Crippen LogP contribution is -2.26. The van der Waals surface area contributed by atoms with Gasteiger partial charge in [0, 0.05) is 24.1 Å². The van der Waals surface area contributed by atoms with E-state index in [9.17, 15) is 4.79 Å². The van der Waals surface area contributed by atoms with Gasteiger partial charge in [0.25, 0.3) is 5.56 Å².